The van der Waals surface area contributed by atoms with Crippen molar-refractivity contribution in [2.45, 2.75) is 38.5 Å². The summed E-state index contributed by atoms with van der Waals surface area (Å²) in [4.78, 5) is 34.2. The molecule has 0 atom stereocenters. The van der Waals surface area contributed by atoms with Crippen LogP contribution in [0.25, 0.3) is 0 Å². The number of rotatable bonds is 3. The van der Waals surface area contributed by atoms with Crippen LogP contribution < -0.4 is 0 Å². The first-order chi connectivity index (χ1) is 8.00. The molecule has 4 saturated carbocycles. The van der Waals surface area contributed by atoms with Crippen molar-refractivity contribution in [3.05, 3.63) is 0 Å². The van der Waals surface area contributed by atoms with Gasteiger partial charge in [-0.1, -0.05) is 0 Å². The van der Waals surface area contributed by atoms with E-state index in [-0.39, 0.29) is 0 Å². The van der Waals surface area contributed by atoms with Crippen molar-refractivity contribution in [3.63, 3.8) is 0 Å². The number of aliphatic carboxylic acids is 1. The highest BCUT2D eigenvalue weighted by Gasteiger charge is 2.56. The van der Waals surface area contributed by atoms with Gasteiger partial charge in [-0.2, -0.15) is 0 Å². The third kappa shape index (κ3) is 1.53. The molecule has 0 amide bonds. The largest absolute Gasteiger partial charge is 0.475 e. The molecule has 4 fully saturated rings. The van der Waals surface area contributed by atoms with Crippen molar-refractivity contribution in [1.82, 2.24) is 0 Å². The molecule has 17 heavy (non-hydrogen) atoms. The fraction of sp³-hybridized carbons (Fsp3) is 0.769. The van der Waals surface area contributed by atoms with Gasteiger partial charge in [-0.05, 0) is 56.3 Å². The van der Waals surface area contributed by atoms with Gasteiger partial charge in [0, 0.05) is 5.41 Å². The van der Waals surface area contributed by atoms with Crippen molar-refractivity contribution < 1.29 is 19.5 Å². The van der Waals surface area contributed by atoms with E-state index in [1.165, 1.54) is 19.3 Å². The zero-order valence-corrected chi connectivity index (χ0v) is 9.65. The molecular formula is C13H16O4. The molecule has 4 rings (SSSR count). The van der Waals surface area contributed by atoms with E-state index in [4.69, 9.17) is 5.11 Å². The summed E-state index contributed by atoms with van der Waals surface area (Å²) in [5, 5.41) is 8.68. The van der Waals surface area contributed by atoms with Gasteiger partial charge < -0.3 is 5.11 Å². The highest BCUT2D eigenvalue weighted by molar-refractivity contribution is 6.62. The Morgan fingerprint density at radius 1 is 0.882 bits per heavy atom. The van der Waals surface area contributed by atoms with Crippen LogP contribution in [0.5, 0.6) is 0 Å². The lowest BCUT2D eigenvalue weighted by Gasteiger charge is -2.55. The molecule has 1 N–H and O–H groups in total. The number of hydrogen-bond acceptors (Lipinski definition) is 3. The van der Waals surface area contributed by atoms with E-state index in [9.17, 15) is 14.4 Å². The highest BCUT2D eigenvalue weighted by Crippen LogP contribution is 2.60. The van der Waals surface area contributed by atoms with Crippen molar-refractivity contribution in [1.29, 1.82) is 0 Å². The number of hydrogen-bond donors (Lipinski definition) is 1. The van der Waals surface area contributed by atoms with Crippen LogP contribution in [0.15, 0.2) is 0 Å². The second-order valence-electron chi connectivity index (χ2n) is 6.16. The zero-order valence-electron chi connectivity index (χ0n) is 9.65. The number of carbonyl (C=O) groups is 3. The van der Waals surface area contributed by atoms with Gasteiger partial charge in [0.05, 0.1) is 0 Å². The van der Waals surface area contributed by atoms with Crippen LogP contribution in [-0.4, -0.2) is 22.6 Å². The van der Waals surface area contributed by atoms with E-state index < -0.39 is 23.0 Å². The van der Waals surface area contributed by atoms with Crippen molar-refractivity contribution in [2.75, 3.05) is 0 Å². The lowest BCUT2D eigenvalue weighted by molar-refractivity contribution is -0.161. The van der Waals surface area contributed by atoms with Gasteiger partial charge in [0.2, 0.25) is 5.78 Å². The van der Waals surface area contributed by atoms with Crippen LogP contribution in [0.3, 0.4) is 0 Å². The van der Waals surface area contributed by atoms with E-state index in [0.29, 0.717) is 17.8 Å². The van der Waals surface area contributed by atoms with Crippen LogP contribution in [0.1, 0.15) is 38.5 Å². The quantitative estimate of drug-likeness (QED) is 0.594. The molecule has 0 unspecified atom stereocenters. The topological polar surface area (TPSA) is 71.4 Å². The Morgan fingerprint density at radius 2 is 1.29 bits per heavy atom. The molecule has 0 radical (unpaired) electrons. The smallest absolute Gasteiger partial charge is 0.380 e. The molecule has 0 heterocycles. The zero-order chi connectivity index (χ0) is 12.2. The maximum atomic E-state index is 12.1. The molecule has 4 bridgehead atoms. The number of carbonyl (C=O) groups excluding carboxylic acids is 2. The van der Waals surface area contributed by atoms with Crippen LogP contribution >= 0.6 is 0 Å². The summed E-state index contributed by atoms with van der Waals surface area (Å²) in [5.41, 5.74) is -0.607. The average molecular weight is 236 g/mol. The molecule has 0 aromatic heterocycles. The van der Waals surface area contributed by atoms with Crippen molar-refractivity contribution in [3.8, 4) is 0 Å². The van der Waals surface area contributed by atoms with E-state index in [1.54, 1.807) is 0 Å². The normalized spacial score (nSPS) is 42.5. The minimum atomic E-state index is -1.59. The maximum absolute atomic E-state index is 12.1. The van der Waals surface area contributed by atoms with Crippen molar-refractivity contribution >= 4 is 17.5 Å². The van der Waals surface area contributed by atoms with Gasteiger partial charge >= 0.3 is 11.8 Å². The van der Waals surface area contributed by atoms with Gasteiger partial charge in [0.15, 0.2) is 0 Å². The highest BCUT2D eigenvalue weighted by atomic mass is 16.4. The minimum absolute atomic E-state index is 0.548. The van der Waals surface area contributed by atoms with Crippen LogP contribution in [0.4, 0.5) is 0 Å². The van der Waals surface area contributed by atoms with Gasteiger partial charge in [-0.25, -0.2) is 4.79 Å². The summed E-state index contributed by atoms with van der Waals surface area (Å²) < 4.78 is 0. The molecule has 92 valence electrons. The Labute approximate surface area is 99.4 Å². The van der Waals surface area contributed by atoms with Gasteiger partial charge in [-0.15, -0.1) is 0 Å². The summed E-state index contributed by atoms with van der Waals surface area (Å²) in [6.45, 7) is 0. The fourth-order valence-corrected chi connectivity index (χ4v) is 4.73. The SMILES string of the molecule is O=C(O)C(=O)C(=O)C12CC3CC(CC(C3)C1)C2. The first-order valence-corrected chi connectivity index (χ1v) is 6.32. The maximum Gasteiger partial charge on any atom is 0.380 e. The second kappa shape index (κ2) is 3.40. The number of Topliss-reactive ketones (excluding diaryl/α,β-unsaturated/α-hetero) is 2. The fourth-order valence-electron chi connectivity index (χ4n) is 4.73. The van der Waals surface area contributed by atoms with Crippen LogP contribution in [-0.2, 0) is 14.4 Å². The standard InChI is InChI=1S/C13H16O4/c14-10(12(16)17)11(15)13-4-7-1-8(5-13)3-9(2-7)6-13/h7-9H,1-6H2,(H,16,17). The Morgan fingerprint density at radius 3 is 1.65 bits per heavy atom. The van der Waals surface area contributed by atoms with Gasteiger partial charge in [-0.3, -0.25) is 9.59 Å². The Balaban J connectivity index is 1.89. The summed E-state index contributed by atoms with van der Waals surface area (Å²) in [7, 11) is 0. The molecule has 4 heteroatoms. The van der Waals surface area contributed by atoms with Gasteiger partial charge in [0.25, 0.3) is 0 Å². The van der Waals surface area contributed by atoms with E-state index in [0.717, 1.165) is 19.3 Å². The van der Waals surface area contributed by atoms with Gasteiger partial charge in [0.1, 0.15) is 0 Å². The summed E-state index contributed by atoms with van der Waals surface area (Å²) in [5.74, 6) is -1.77. The first-order valence-electron chi connectivity index (χ1n) is 6.32. The van der Waals surface area contributed by atoms with Crippen LogP contribution in [0.2, 0.25) is 0 Å². The van der Waals surface area contributed by atoms with E-state index in [2.05, 4.69) is 0 Å². The summed E-state index contributed by atoms with van der Waals surface area (Å²) in [6.07, 6.45) is 5.76. The molecule has 4 aliphatic rings. The van der Waals surface area contributed by atoms with Crippen LogP contribution in [0, 0.1) is 23.2 Å². The molecule has 0 spiro atoms. The first kappa shape index (κ1) is 10.9. The Kier molecular flexibility index (Phi) is 2.19. The third-order valence-corrected chi connectivity index (χ3v) is 4.92. The molecule has 0 aromatic rings. The summed E-state index contributed by atoms with van der Waals surface area (Å²) in [6, 6.07) is 0. The second-order valence-corrected chi connectivity index (χ2v) is 6.16. The van der Waals surface area contributed by atoms with E-state index >= 15 is 0 Å². The number of ketones is 2. The molecule has 0 saturated heterocycles. The predicted molar refractivity (Wildman–Crippen MR) is 58.3 cm³/mol. The molecule has 4 aliphatic carbocycles. The lowest BCUT2D eigenvalue weighted by Crippen LogP contribution is -2.52. The molecule has 0 aromatic carbocycles. The molecular weight excluding hydrogens is 220 g/mol. The summed E-state index contributed by atoms with van der Waals surface area (Å²) >= 11 is 0. The number of carboxylic acid groups (broad SMARTS) is 1. The lowest BCUT2D eigenvalue weighted by atomic mass is 9.48. The Hall–Kier alpha value is -1.19. The minimum Gasteiger partial charge on any atom is -0.475 e. The number of carboxylic acids is 1. The molecule has 0 aliphatic heterocycles. The predicted octanol–water partition coefficient (Wildman–Crippen LogP) is 1.43. The van der Waals surface area contributed by atoms with Crippen molar-refractivity contribution in [2.24, 2.45) is 23.2 Å². The Bertz CT molecular complexity index is 374. The average Bonchev–Trinajstić information content (AvgIpc) is 2.25. The van der Waals surface area contributed by atoms with E-state index in [1.807, 2.05) is 0 Å². The third-order valence-electron chi connectivity index (χ3n) is 4.92. The molecule has 4 nitrogen and oxygen atoms in total. The monoisotopic (exact) mass is 236 g/mol.